The number of fused-ring (bicyclic) bond motifs is 1. The van der Waals surface area contributed by atoms with Crippen molar-refractivity contribution in [2.75, 3.05) is 18.5 Å². The Morgan fingerprint density at radius 2 is 1.95 bits per heavy atom. The number of aromatic nitrogens is 2. The Bertz CT molecular complexity index is 1260. The van der Waals surface area contributed by atoms with Crippen molar-refractivity contribution >= 4 is 23.5 Å². The van der Waals surface area contributed by atoms with Crippen molar-refractivity contribution < 1.29 is 19.4 Å². The number of anilines is 1. The van der Waals surface area contributed by atoms with Crippen LogP contribution in [0.4, 0.5) is 5.95 Å². The average molecular weight is 523 g/mol. The SMILES string of the molecule is CC(C)Oc1ccc(CC(O)N2Cc3ccc(-c4nc(NC5CCOCC5)ncc4Cl)cc3C2=O)cc1. The van der Waals surface area contributed by atoms with Crippen LogP contribution in [0.2, 0.25) is 5.02 Å². The molecule has 1 atom stereocenters. The van der Waals surface area contributed by atoms with Gasteiger partial charge in [0.15, 0.2) is 0 Å². The average Bonchev–Trinajstić information content (AvgIpc) is 3.22. The van der Waals surface area contributed by atoms with E-state index in [1.54, 1.807) is 12.3 Å². The van der Waals surface area contributed by atoms with Crippen LogP contribution in [0.1, 0.15) is 48.2 Å². The van der Waals surface area contributed by atoms with Crippen molar-refractivity contribution in [3.05, 3.63) is 70.4 Å². The summed E-state index contributed by atoms with van der Waals surface area (Å²) >= 11 is 6.45. The fraction of sp³-hybridized carbons (Fsp3) is 0.393. The molecule has 0 saturated carbocycles. The van der Waals surface area contributed by atoms with Crippen LogP contribution in [0.25, 0.3) is 11.3 Å². The fourth-order valence-corrected chi connectivity index (χ4v) is 4.87. The summed E-state index contributed by atoms with van der Waals surface area (Å²) in [6.07, 6.45) is 2.83. The molecule has 194 valence electrons. The molecule has 8 nitrogen and oxygen atoms in total. The molecule has 37 heavy (non-hydrogen) atoms. The van der Waals surface area contributed by atoms with E-state index in [1.807, 2.05) is 50.2 Å². The number of aliphatic hydroxyl groups is 1. The largest absolute Gasteiger partial charge is 0.491 e. The van der Waals surface area contributed by atoms with Crippen LogP contribution in [0, 0.1) is 0 Å². The second-order valence-electron chi connectivity index (χ2n) is 9.72. The van der Waals surface area contributed by atoms with Crippen LogP contribution in [0.5, 0.6) is 5.75 Å². The van der Waals surface area contributed by atoms with Gasteiger partial charge in [0.1, 0.15) is 12.0 Å². The maximum atomic E-state index is 13.3. The van der Waals surface area contributed by atoms with Crippen molar-refractivity contribution in [1.82, 2.24) is 14.9 Å². The number of aliphatic hydroxyl groups excluding tert-OH is 1. The summed E-state index contributed by atoms with van der Waals surface area (Å²) in [6, 6.07) is 13.4. The Morgan fingerprint density at radius 1 is 1.19 bits per heavy atom. The zero-order chi connectivity index (χ0) is 25.9. The molecule has 2 aromatic carbocycles. The second-order valence-corrected chi connectivity index (χ2v) is 10.1. The topological polar surface area (TPSA) is 96.8 Å². The number of nitrogens with zero attached hydrogens (tertiary/aromatic N) is 3. The van der Waals surface area contributed by atoms with E-state index in [4.69, 9.17) is 21.1 Å². The number of hydrogen-bond donors (Lipinski definition) is 2. The highest BCUT2D eigenvalue weighted by molar-refractivity contribution is 6.33. The van der Waals surface area contributed by atoms with E-state index in [0.717, 1.165) is 35.3 Å². The number of carbonyl (C=O) groups excluding carboxylic acids is 1. The van der Waals surface area contributed by atoms with E-state index in [-0.39, 0.29) is 18.1 Å². The van der Waals surface area contributed by atoms with Crippen molar-refractivity contribution in [2.24, 2.45) is 0 Å². The summed E-state index contributed by atoms with van der Waals surface area (Å²) in [5.74, 6) is 1.06. The Balaban J connectivity index is 1.29. The van der Waals surface area contributed by atoms with Crippen LogP contribution in [0.3, 0.4) is 0 Å². The number of benzene rings is 2. The molecule has 1 amide bonds. The number of halogens is 1. The van der Waals surface area contributed by atoms with Crippen molar-refractivity contribution in [2.45, 2.75) is 58.0 Å². The van der Waals surface area contributed by atoms with Gasteiger partial charge in [-0.25, -0.2) is 9.97 Å². The van der Waals surface area contributed by atoms with Gasteiger partial charge in [-0.3, -0.25) is 4.79 Å². The summed E-state index contributed by atoms with van der Waals surface area (Å²) in [6.45, 7) is 5.72. The van der Waals surface area contributed by atoms with Gasteiger partial charge in [-0.2, -0.15) is 0 Å². The molecule has 3 aromatic rings. The molecule has 5 rings (SSSR count). The standard InChI is InChI=1S/C28H31ClN4O4/c1-17(2)37-22-7-3-18(4-8-22)13-25(34)33-16-20-6-5-19(14-23(20)27(33)35)26-24(29)15-30-28(32-26)31-21-9-11-36-12-10-21/h3-8,14-15,17,21,25,34H,9-13,16H2,1-2H3,(H,30,31,32). The maximum Gasteiger partial charge on any atom is 0.256 e. The number of nitrogens with one attached hydrogen (secondary N) is 1. The second kappa shape index (κ2) is 11.0. The van der Waals surface area contributed by atoms with Gasteiger partial charge in [-0.05, 0) is 56.0 Å². The smallest absolute Gasteiger partial charge is 0.256 e. The van der Waals surface area contributed by atoms with Gasteiger partial charge in [0, 0.05) is 43.3 Å². The summed E-state index contributed by atoms with van der Waals surface area (Å²) in [4.78, 5) is 23.7. The molecule has 2 N–H and O–H groups in total. The summed E-state index contributed by atoms with van der Waals surface area (Å²) in [7, 11) is 0. The molecule has 0 bridgehead atoms. The third-order valence-electron chi connectivity index (χ3n) is 6.59. The van der Waals surface area contributed by atoms with E-state index in [2.05, 4.69) is 15.3 Å². The van der Waals surface area contributed by atoms with Crippen LogP contribution in [0.15, 0.2) is 48.7 Å². The minimum atomic E-state index is -0.946. The fourth-order valence-electron chi connectivity index (χ4n) is 4.67. The lowest BCUT2D eigenvalue weighted by atomic mass is 10.0. The first kappa shape index (κ1) is 25.4. The van der Waals surface area contributed by atoms with Gasteiger partial charge in [0.05, 0.1) is 23.0 Å². The number of carbonyl (C=O) groups is 1. The number of ether oxygens (including phenoxy) is 2. The van der Waals surface area contributed by atoms with Crippen LogP contribution in [-0.2, 0) is 17.7 Å². The molecule has 3 heterocycles. The molecule has 0 radical (unpaired) electrons. The molecule has 1 aromatic heterocycles. The molecule has 0 spiro atoms. The summed E-state index contributed by atoms with van der Waals surface area (Å²) in [5, 5.41) is 14.7. The van der Waals surface area contributed by atoms with E-state index in [9.17, 15) is 9.90 Å². The summed E-state index contributed by atoms with van der Waals surface area (Å²) < 4.78 is 11.1. The van der Waals surface area contributed by atoms with Gasteiger partial charge in [-0.1, -0.05) is 35.9 Å². The minimum Gasteiger partial charge on any atom is -0.491 e. The van der Waals surface area contributed by atoms with Gasteiger partial charge < -0.3 is 24.8 Å². The molecule has 0 aliphatic carbocycles. The van der Waals surface area contributed by atoms with E-state index < -0.39 is 6.23 Å². The van der Waals surface area contributed by atoms with E-state index in [1.165, 1.54) is 4.90 Å². The van der Waals surface area contributed by atoms with E-state index in [0.29, 0.717) is 48.4 Å². The third-order valence-corrected chi connectivity index (χ3v) is 6.86. The van der Waals surface area contributed by atoms with Gasteiger partial charge >= 0.3 is 0 Å². The zero-order valence-corrected chi connectivity index (χ0v) is 21.7. The highest BCUT2D eigenvalue weighted by Gasteiger charge is 2.32. The molecular weight excluding hydrogens is 492 g/mol. The number of hydrogen-bond acceptors (Lipinski definition) is 7. The first-order chi connectivity index (χ1) is 17.9. The first-order valence-electron chi connectivity index (χ1n) is 12.6. The van der Waals surface area contributed by atoms with E-state index >= 15 is 0 Å². The molecular formula is C28H31ClN4O4. The summed E-state index contributed by atoms with van der Waals surface area (Å²) in [5.41, 5.74) is 3.62. The van der Waals surface area contributed by atoms with Crippen LogP contribution in [-0.4, -0.2) is 57.5 Å². The van der Waals surface area contributed by atoms with Crippen molar-refractivity contribution in [3.63, 3.8) is 0 Å². The van der Waals surface area contributed by atoms with Crippen LogP contribution >= 0.6 is 11.6 Å². The Kier molecular flexibility index (Phi) is 7.60. The number of rotatable bonds is 8. The zero-order valence-electron chi connectivity index (χ0n) is 21.0. The molecule has 2 aliphatic heterocycles. The highest BCUT2D eigenvalue weighted by atomic mass is 35.5. The van der Waals surface area contributed by atoms with Crippen molar-refractivity contribution in [1.29, 1.82) is 0 Å². The molecule has 1 fully saturated rings. The third kappa shape index (κ3) is 5.87. The van der Waals surface area contributed by atoms with Crippen molar-refractivity contribution in [3.8, 4) is 17.0 Å². The lowest BCUT2D eigenvalue weighted by molar-refractivity contribution is 0.00952. The Labute approximate surface area is 221 Å². The monoisotopic (exact) mass is 522 g/mol. The predicted octanol–water partition coefficient (Wildman–Crippen LogP) is 4.69. The minimum absolute atomic E-state index is 0.0918. The molecule has 9 heteroatoms. The Morgan fingerprint density at radius 3 is 2.68 bits per heavy atom. The highest BCUT2D eigenvalue weighted by Crippen LogP contribution is 2.32. The normalized spacial score (nSPS) is 16.7. The maximum absolute atomic E-state index is 13.3. The molecule has 1 saturated heterocycles. The van der Waals surface area contributed by atoms with Gasteiger partial charge in [0.2, 0.25) is 5.95 Å². The lowest BCUT2D eigenvalue weighted by Gasteiger charge is -2.23. The lowest BCUT2D eigenvalue weighted by Crippen LogP contribution is -2.36. The van der Waals surface area contributed by atoms with Gasteiger partial charge in [-0.15, -0.1) is 0 Å². The van der Waals surface area contributed by atoms with Crippen LogP contribution < -0.4 is 10.1 Å². The quantitative estimate of drug-likeness (QED) is 0.443. The predicted molar refractivity (Wildman–Crippen MR) is 142 cm³/mol. The number of amides is 1. The Hall–Kier alpha value is -3.20. The molecule has 1 unspecified atom stereocenters. The first-order valence-corrected chi connectivity index (χ1v) is 13.0. The van der Waals surface area contributed by atoms with Gasteiger partial charge in [0.25, 0.3) is 5.91 Å². The molecule has 2 aliphatic rings.